The molecule has 7 nitrogen and oxygen atoms in total. The lowest BCUT2D eigenvalue weighted by molar-refractivity contribution is -0.0352. The monoisotopic (exact) mass is 552 g/mol. The van der Waals surface area contributed by atoms with Crippen LogP contribution in [-0.4, -0.2) is 65.8 Å². The van der Waals surface area contributed by atoms with Crippen molar-refractivity contribution < 1.29 is 4.74 Å². The van der Waals surface area contributed by atoms with Crippen LogP contribution in [0.25, 0.3) is 0 Å². The van der Waals surface area contributed by atoms with Crippen LogP contribution in [0, 0.1) is 0 Å². The molecule has 1 aliphatic carbocycles. The van der Waals surface area contributed by atoms with Gasteiger partial charge in [-0.15, -0.1) is 24.0 Å². The number of benzene rings is 1. The maximum Gasteiger partial charge on any atom is 0.191 e. The van der Waals surface area contributed by atoms with Crippen molar-refractivity contribution >= 4 is 29.9 Å². The molecule has 176 valence electrons. The zero-order valence-electron chi connectivity index (χ0n) is 19.1. The topological polar surface area (TPSA) is 66.7 Å². The van der Waals surface area contributed by atoms with Crippen LogP contribution >= 0.6 is 24.0 Å². The van der Waals surface area contributed by atoms with E-state index in [0.29, 0.717) is 0 Å². The third kappa shape index (κ3) is 6.68. The van der Waals surface area contributed by atoms with E-state index in [1.165, 1.54) is 43.2 Å². The van der Waals surface area contributed by atoms with Crippen LogP contribution in [0.5, 0.6) is 0 Å². The fourth-order valence-corrected chi connectivity index (χ4v) is 4.94. The van der Waals surface area contributed by atoms with Gasteiger partial charge in [-0.05, 0) is 24.0 Å². The van der Waals surface area contributed by atoms with Crippen molar-refractivity contribution in [3.05, 3.63) is 54.1 Å². The van der Waals surface area contributed by atoms with Crippen molar-refractivity contribution in [3.8, 4) is 0 Å². The van der Waals surface area contributed by atoms with Crippen LogP contribution in [0.4, 0.5) is 0 Å². The molecule has 0 bridgehead atoms. The van der Waals surface area contributed by atoms with E-state index in [9.17, 15) is 0 Å². The van der Waals surface area contributed by atoms with Gasteiger partial charge in [-0.2, -0.15) is 0 Å². The lowest BCUT2D eigenvalue weighted by Gasteiger charge is -2.48. The van der Waals surface area contributed by atoms with E-state index in [4.69, 9.17) is 4.74 Å². The Morgan fingerprint density at radius 1 is 1.12 bits per heavy atom. The number of hydrogen-bond acceptors (Lipinski definition) is 4. The smallest absolute Gasteiger partial charge is 0.191 e. The maximum atomic E-state index is 5.61. The Bertz CT molecular complexity index is 829. The number of aromatic nitrogens is 2. The van der Waals surface area contributed by atoms with Gasteiger partial charge in [0.05, 0.1) is 19.5 Å². The lowest BCUT2D eigenvalue weighted by Crippen LogP contribution is -2.60. The minimum Gasteiger partial charge on any atom is -0.379 e. The Labute approximate surface area is 209 Å². The number of hydrogen-bond donors (Lipinski definition) is 2. The second kappa shape index (κ2) is 12.6. The van der Waals surface area contributed by atoms with Gasteiger partial charge >= 0.3 is 0 Å². The van der Waals surface area contributed by atoms with Crippen molar-refractivity contribution in [1.29, 1.82) is 0 Å². The van der Waals surface area contributed by atoms with Gasteiger partial charge in [0.1, 0.15) is 0 Å². The summed E-state index contributed by atoms with van der Waals surface area (Å²) in [7, 11) is 1.85. The molecular formula is C24H37IN6O. The fraction of sp³-hybridized carbons (Fsp3) is 0.583. The molecule has 0 unspecified atom stereocenters. The van der Waals surface area contributed by atoms with Crippen LogP contribution in [-0.2, 0) is 17.8 Å². The van der Waals surface area contributed by atoms with Crippen LogP contribution in [0.2, 0.25) is 0 Å². The summed E-state index contributed by atoms with van der Waals surface area (Å²) < 4.78 is 7.69. The molecule has 0 atom stereocenters. The summed E-state index contributed by atoms with van der Waals surface area (Å²) in [5.74, 6) is 0.873. The number of guanidine groups is 1. The van der Waals surface area contributed by atoms with Crippen LogP contribution in [0.3, 0.4) is 0 Å². The Morgan fingerprint density at radius 3 is 2.62 bits per heavy atom. The summed E-state index contributed by atoms with van der Waals surface area (Å²) in [6.45, 7) is 6.31. The van der Waals surface area contributed by atoms with E-state index in [0.717, 1.165) is 51.9 Å². The van der Waals surface area contributed by atoms with E-state index in [2.05, 4.69) is 54.3 Å². The summed E-state index contributed by atoms with van der Waals surface area (Å²) in [6, 6.07) is 8.69. The molecule has 32 heavy (non-hydrogen) atoms. The number of nitrogens with one attached hydrogen (secondary N) is 2. The van der Waals surface area contributed by atoms with E-state index < -0.39 is 0 Å². The molecule has 0 amide bonds. The molecule has 2 aromatic rings. The highest BCUT2D eigenvalue weighted by Gasteiger charge is 2.38. The zero-order chi connectivity index (χ0) is 21.4. The molecule has 8 heteroatoms. The second-order valence-electron chi connectivity index (χ2n) is 8.72. The Morgan fingerprint density at radius 2 is 1.91 bits per heavy atom. The van der Waals surface area contributed by atoms with Crippen molar-refractivity contribution in [2.75, 3.05) is 39.9 Å². The molecule has 2 fully saturated rings. The minimum absolute atomic E-state index is 0. The van der Waals surface area contributed by atoms with Gasteiger partial charge in [0.25, 0.3) is 0 Å². The first-order valence-electron chi connectivity index (χ1n) is 11.6. The molecule has 1 aliphatic heterocycles. The predicted molar refractivity (Wildman–Crippen MR) is 140 cm³/mol. The number of ether oxygens (including phenoxy) is 1. The molecular weight excluding hydrogens is 515 g/mol. The largest absolute Gasteiger partial charge is 0.379 e. The Kier molecular flexibility index (Phi) is 9.80. The molecule has 1 aromatic carbocycles. The highest BCUT2D eigenvalue weighted by atomic mass is 127. The van der Waals surface area contributed by atoms with Gasteiger partial charge in [0.15, 0.2) is 5.96 Å². The summed E-state index contributed by atoms with van der Waals surface area (Å²) >= 11 is 0. The number of nitrogens with zero attached hydrogens (tertiary/aromatic N) is 4. The maximum absolute atomic E-state index is 5.61. The molecule has 1 aromatic heterocycles. The SMILES string of the molecule is CN=C(NCc1cccc(Cn2ccnc2)c1)NCC1(N2CCOCC2)CCCCC1.I. The molecule has 1 saturated heterocycles. The quantitative estimate of drug-likeness (QED) is 0.314. The standard InChI is InChI=1S/C24H36N6O.HI/c1-25-23(27-17-21-6-5-7-22(16-21)18-29-11-10-26-20-29)28-19-24(8-3-2-4-9-24)30-12-14-31-15-13-30;/h5-7,10-11,16,20H,2-4,8-9,12-15,17-19H2,1H3,(H2,25,27,28);1H. The third-order valence-corrected chi connectivity index (χ3v) is 6.65. The summed E-state index contributed by atoms with van der Waals surface area (Å²) in [4.78, 5) is 11.3. The Hall–Kier alpha value is -1.65. The normalized spacial score (nSPS) is 19.2. The van der Waals surface area contributed by atoms with Gasteiger partial charge < -0.3 is 19.9 Å². The minimum atomic E-state index is 0. The van der Waals surface area contributed by atoms with Gasteiger partial charge in [0.2, 0.25) is 0 Å². The van der Waals surface area contributed by atoms with E-state index >= 15 is 0 Å². The van der Waals surface area contributed by atoms with E-state index in [1.807, 2.05) is 25.8 Å². The molecule has 1 saturated carbocycles. The molecule has 0 radical (unpaired) electrons. The lowest BCUT2D eigenvalue weighted by atomic mass is 9.80. The van der Waals surface area contributed by atoms with Gasteiger partial charge in [-0.1, -0.05) is 43.5 Å². The molecule has 2 N–H and O–H groups in total. The first-order valence-corrected chi connectivity index (χ1v) is 11.6. The van der Waals surface area contributed by atoms with Crippen LogP contribution in [0.1, 0.15) is 43.2 Å². The molecule has 0 spiro atoms. The van der Waals surface area contributed by atoms with Gasteiger partial charge in [0, 0.05) is 57.7 Å². The van der Waals surface area contributed by atoms with Crippen molar-refractivity contribution in [1.82, 2.24) is 25.1 Å². The fourth-order valence-electron chi connectivity index (χ4n) is 4.94. The predicted octanol–water partition coefficient (Wildman–Crippen LogP) is 3.25. The van der Waals surface area contributed by atoms with Crippen molar-refractivity contribution in [2.24, 2.45) is 4.99 Å². The number of halogens is 1. The number of rotatable bonds is 7. The summed E-state index contributed by atoms with van der Waals surface area (Å²) in [6.07, 6.45) is 12.2. The zero-order valence-corrected chi connectivity index (χ0v) is 21.5. The van der Waals surface area contributed by atoms with Crippen molar-refractivity contribution in [3.63, 3.8) is 0 Å². The van der Waals surface area contributed by atoms with Crippen molar-refractivity contribution in [2.45, 2.75) is 50.7 Å². The second-order valence-corrected chi connectivity index (χ2v) is 8.72. The average molecular weight is 553 g/mol. The third-order valence-electron chi connectivity index (χ3n) is 6.65. The first kappa shape index (κ1) is 25.0. The molecule has 2 heterocycles. The highest BCUT2D eigenvalue weighted by Crippen LogP contribution is 2.33. The van der Waals surface area contributed by atoms with Crippen LogP contribution in [0.15, 0.2) is 48.0 Å². The highest BCUT2D eigenvalue weighted by molar-refractivity contribution is 14.0. The van der Waals surface area contributed by atoms with Gasteiger partial charge in [-0.3, -0.25) is 9.89 Å². The first-order chi connectivity index (χ1) is 15.3. The summed E-state index contributed by atoms with van der Waals surface area (Å²) in [5.41, 5.74) is 2.75. The molecule has 2 aliphatic rings. The van der Waals surface area contributed by atoms with Gasteiger partial charge in [-0.25, -0.2) is 4.98 Å². The number of morpholine rings is 1. The van der Waals surface area contributed by atoms with E-state index in [-0.39, 0.29) is 29.5 Å². The average Bonchev–Trinajstić information content (AvgIpc) is 3.34. The van der Waals surface area contributed by atoms with Crippen LogP contribution < -0.4 is 10.6 Å². The summed E-state index contributed by atoms with van der Waals surface area (Å²) in [5, 5.41) is 7.15. The number of imidazole rings is 1. The Balaban J connectivity index is 0.00000289. The number of aliphatic imine (C=N–C) groups is 1. The van der Waals surface area contributed by atoms with E-state index in [1.54, 1.807) is 0 Å². The molecule has 4 rings (SSSR count).